The maximum atomic E-state index is 12.7. The molecule has 1 aliphatic carbocycles. The van der Waals surface area contributed by atoms with Crippen molar-refractivity contribution in [2.24, 2.45) is 5.92 Å². The Morgan fingerprint density at radius 3 is 2.88 bits per heavy atom. The number of carbonyl (C=O) groups excluding carboxylic acids is 1. The number of benzene rings is 1. The van der Waals surface area contributed by atoms with E-state index in [2.05, 4.69) is 10.1 Å². The first-order valence-corrected chi connectivity index (χ1v) is 8.94. The van der Waals surface area contributed by atoms with Gasteiger partial charge < -0.3 is 4.74 Å². The van der Waals surface area contributed by atoms with E-state index in [4.69, 9.17) is 16.3 Å². The van der Waals surface area contributed by atoms with E-state index in [0.717, 1.165) is 12.0 Å². The number of hydrogen-bond acceptors (Lipinski definition) is 4. The van der Waals surface area contributed by atoms with Gasteiger partial charge in [0.1, 0.15) is 0 Å². The molecule has 5 nitrogen and oxygen atoms in total. The van der Waals surface area contributed by atoms with Gasteiger partial charge in [0, 0.05) is 17.0 Å². The van der Waals surface area contributed by atoms with Gasteiger partial charge in [0.2, 0.25) is 5.91 Å². The minimum atomic E-state index is -0.0460. The standard InChI is InChI=1S/C18H22ClN3O2/c1-2-24-18-20-17(14-8-5-9-15(19)12-14)22(21-18)16(23)11-10-13-6-3-4-7-13/h5,8-9,12-13H,2-4,6-7,10-11H2,1H3. The van der Waals surface area contributed by atoms with Gasteiger partial charge >= 0.3 is 6.01 Å². The van der Waals surface area contributed by atoms with Crippen LogP contribution in [0.3, 0.4) is 0 Å². The zero-order chi connectivity index (χ0) is 16.9. The van der Waals surface area contributed by atoms with Crippen molar-refractivity contribution >= 4 is 17.5 Å². The van der Waals surface area contributed by atoms with Crippen LogP contribution in [-0.4, -0.2) is 27.3 Å². The van der Waals surface area contributed by atoms with E-state index in [0.29, 0.717) is 29.8 Å². The van der Waals surface area contributed by atoms with Crippen LogP contribution >= 0.6 is 11.6 Å². The molecular formula is C18H22ClN3O2. The normalized spacial score (nSPS) is 14.9. The summed E-state index contributed by atoms with van der Waals surface area (Å²) in [6.07, 6.45) is 6.42. The monoisotopic (exact) mass is 347 g/mol. The van der Waals surface area contributed by atoms with Gasteiger partial charge in [-0.05, 0) is 31.4 Å². The Morgan fingerprint density at radius 2 is 2.17 bits per heavy atom. The molecule has 0 radical (unpaired) electrons. The second kappa shape index (κ2) is 7.79. The maximum absolute atomic E-state index is 12.7. The second-order valence-electron chi connectivity index (χ2n) is 6.16. The number of aromatic nitrogens is 3. The Hall–Kier alpha value is -1.88. The number of ether oxygens (including phenoxy) is 1. The largest absolute Gasteiger partial charge is 0.463 e. The van der Waals surface area contributed by atoms with E-state index in [1.807, 2.05) is 19.1 Å². The molecule has 0 N–H and O–H groups in total. The predicted molar refractivity (Wildman–Crippen MR) is 93.5 cm³/mol. The molecule has 0 spiro atoms. The van der Waals surface area contributed by atoms with Crippen molar-refractivity contribution in [2.45, 2.75) is 45.4 Å². The summed E-state index contributed by atoms with van der Waals surface area (Å²) in [5, 5.41) is 4.84. The summed E-state index contributed by atoms with van der Waals surface area (Å²) in [5.41, 5.74) is 0.759. The van der Waals surface area contributed by atoms with Crippen LogP contribution in [0.25, 0.3) is 11.4 Å². The fourth-order valence-corrected chi connectivity index (χ4v) is 3.39. The molecule has 0 amide bonds. The SMILES string of the molecule is CCOc1nc(-c2cccc(Cl)c2)n(C(=O)CCC2CCCC2)n1. The molecule has 0 aliphatic heterocycles. The molecule has 0 unspecified atom stereocenters. The minimum absolute atomic E-state index is 0.0460. The Kier molecular flexibility index (Phi) is 5.51. The fraction of sp³-hybridized carbons (Fsp3) is 0.500. The molecule has 24 heavy (non-hydrogen) atoms. The maximum Gasteiger partial charge on any atom is 0.336 e. The van der Waals surface area contributed by atoms with Crippen LogP contribution in [0.4, 0.5) is 0 Å². The summed E-state index contributed by atoms with van der Waals surface area (Å²) in [4.78, 5) is 17.0. The van der Waals surface area contributed by atoms with Crippen molar-refractivity contribution < 1.29 is 9.53 Å². The second-order valence-corrected chi connectivity index (χ2v) is 6.59. The lowest BCUT2D eigenvalue weighted by atomic mass is 10.0. The first kappa shape index (κ1) is 17.0. The Morgan fingerprint density at radius 1 is 1.38 bits per heavy atom. The van der Waals surface area contributed by atoms with Crippen molar-refractivity contribution in [1.29, 1.82) is 0 Å². The van der Waals surface area contributed by atoms with Gasteiger partial charge in [0.05, 0.1) is 6.61 Å². The molecule has 3 rings (SSSR count). The van der Waals surface area contributed by atoms with Crippen molar-refractivity contribution in [3.05, 3.63) is 29.3 Å². The molecule has 1 fully saturated rings. The first-order valence-electron chi connectivity index (χ1n) is 8.56. The topological polar surface area (TPSA) is 57.0 Å². The van der Waals surface area contributed by atoms with Crippen LogP contribution in [0.15, 0.2) is 24.3 Å². The highest BCUT2D eigenvalue weighted by molar-refractivity contribution is 6.30. The summed E-state index contributed by atoms with van der Waals surface area (Å²) < 4.78 is 6.75. The average Bonchev–Trinajstić information content (AvgIpc) is 3.22. The number of carbonyl (C=O) groups is 1. The van der Waals surface area contributed by atoms with E-state index in [1.54, 1.807) is 12.1 Å². The quantitative estimate of drug-likeness (QED) is 0.765. The Balaban J connectivity index is 1.83. The lowest BCUT2D eigenvalue weighted by Crippen LogP contribution is -2.15. The first-order chi connectivity index (χ1) is 11.7. The molecule has 2 aromatic rings. The third-order valence-electron chi connectivity index (χ3n) is 4.42. The Labute approximate surface area is 147 Å². The summed E-state index contributed by atoms with van der Waals surface area (Å²) in [6.45, 7) is 2.32. The molecule has 0 saturated heterocycles. The summed E-state index contributed by atoms with van der Waals surface area (Å²) in [5.74, 6) is 1.10. The van der Waals surface area contributed by atoms with Crippen LogP contribution < -0.4 is 4.74 Å². The minimum Gasteiger partial charge on any atom is -0.463 e. The van der Waals surface area contributed by atoms with E-state index >= 15 is 0 Å². The molecule has 1 aliphatic rings. The Bertz CT molecular complexity index is 708. The summed E-state index contributed by atoms with van der Waals surface area (Å²) in [7, 11) is 0. The van der Waals surface area contributed by atoms with E-state index < -0.39 is 0 Å². The molecule has 128 valence electrons. The zero-order valence-corrected chi connectivity index (χ0v) is 14.6. The summed E-state index contributed by atoms with van der Waals surface area (Å²) in [6, 6.07) is 7.49. The highest BCUT2D eigenvalue weighted by atomic mass is 35.5. The van der Waals surface area contributed by atoms with Crippen LogP contribution in [-0.2, 0) is 0 Å². The fourth-order valence-electron chi connectivity index (χ4n) is 3.20. The van der Waals surface area contributed by atoms with Crippen molar-refractivity contribution in [3.8, 4) is 17.4 Å². The van der Waals surface area contributed by atoms with Gasteiger partial charge in [0.25, 0.3) is 0 Å². The van der Waals surface area contributed by atoms with Crippen LogP contribution in [0.2, 0.25) is 5.02 Å². The van der Waals surface area contributed by atoms with Gasteiger partial charge in [-0.25, -0.2) is 0 Å². The van der Waals surface area contributed by atoms with E-state index in [1.165, 1.54) is 30.4 Å². The van der Waals surface area contributed by atoms with Gasteiger partial charge in [-0.15, -0.1) is 5.10 Å². The number of halogens is 1. The molecule has 1 heterocycles. The van der Waals surface area contributed by atoms with Crippen LogP contribution in [0.5, 0.6) is 6.01 Å². The number of nitrogens with zero attached hydrogens (tertiary/aromatic N) is 3. The van der Waals surface area contributed by atoms with Crippen LogP contribution in [0, 0.1) is 5.92 Å². The number of hydrogen-bond donors (Lipinski definition) is 0. The molecule has 1 aromatic carbocycles. The van der Waals surface area contributed by atoms with Gasteiger partial charge in [-0.1, -0.05) is 49.4 Å². The van der Waals surface area contributed by atoms with Gasteiger partial charge in [0.15, 0.2) is 5.82 Å². The highest BCUT2D eigenvalue weighted by Crippen LogP contribution is 2.29. The van der Waals surface area contributed by atoms with Crippen molar-refractivity contribution in [2.75, 3.05) is 6.61 Å². The summed E-state index contributed by atoms with van der Waals surface area (Å²) >= 11 is 6.07. The van der Waals surface area contributed by atoms with Crippen LogP contribution in [0.1, 0.15) is 50.2 Å². The lowest BCUT2D eigenvalue weighted by Gasteiger charge is -2.08. The highest BCUT2D eigenvalue weighted by Gasteiger charge is 2.21. The zero-order valence-electron chi connectivity index (χ0n) is 13.9. The molecular weight excluding hydrogens is 326 g/mol. The van der Waals surface area contributed by atoms with Crippen molar-refractivity contribution in [1.82, 2.24) is 14.8 Å². The third kappa shape index (κ3) is 3.96. The third-order valence-corrected chi connectivity index (χ3v) is 4.66. The molecule has 0 bridgehead atoms. The molecule has 0 atom stereocenters. The smallest absolute Gasteiger partial charge is 0.336 e. The van der Waals surface area contributed by atoms with E-state index in [9.17, 15) is 4.79 Å². The lowest BCUT2D eigenvalue weighted by molar-refractivity contribution is 0.0877. The van der Waals surface area contributed by atoms with Gasteiger partial charge in [-0.2, -0.15) is 9.67 Å². The molecule has 1 saturated carbocycles. The predicted octanol–water partition coefficient (Wildman–Crippen LogP) is 4.61. The van der Waals surface area contributed by atoms with Gasteiger partial charge in [-0.3, -0.25) is 4.79 Å². The van der Waals surface area contributed by atoms with E-state index in [-0.39, 0.29) is 11.9 Å². The average molecular weight is 348 g/mol. The number of rotatable bonds is 6. The molecule has 6 heteroatoms. The van der Waals surface area contributed by atoms with Crippen molar-refractivity contribution in [3.63, 3.8) is 0 Å². The molecule has 1 aromatic heterocycles.